The van der Waals surface area contributed by atoms with Crippen molar-refractivity contribution < 1.29 is 23.8 Å². The fourth-order valence-electron chi connectivity index (χ4n) is 5.00. The smallest absolute Gasteiger partial charge is 0.341 e. The molecule has 39 heavy (non-hydrogen) atoms. The molecule has 5 rings (SSSR count). The molecule has 2 heterocycles. The number of anilines is 1. The second-order valence-electron chi connectivity index (χ2n) is 10.1. The summed E-state index contributed by atoms with van der Waals surface area (Å²) in [5, 5.41) is 4.33. The Labute approximate surface area is 232 Å². The fourth-order valence-corrected chi connectivity index (χ4v) is 6.40. The summed E-state index contributed by atoms with van der Waals surface area (Å²) in [5.41, 5.74) is 4.06. The highest BCUT2D eigenvalue weighted by molar-refractivity contribution is 7.17. The molecule has 1 atom stereocenters. The van der Waals surface area contributed by atoms with Crippen LogP contribution in [-0.4, -0.2) is 37.2 Å². The quantitative estimate of drug-likeness (QED) is 0.254. The first-order chi connectivity index (χ1) is 18.8. The second-order valence-corrected chi connectivity index (χ2v) is 11.2. The number of hydrogen-bond donors (Lipinski definition) is 1. The van der Waals surface area contributed by atoms with E-state index in [0.717, 1.165) is 40.7 Å². The molecule has 1 amide bonds. The van der Waals surface area contributed by atoms with Crippen LogP contribution in [0.15, 0.2) is 48.5 Å². The number of rotatable bonds is 7. The molecule has 0 fully saturated rings. The van der Waals surface area contributed by atoms with Crippen molar-refractivity contribution in [3.63, 3.8) is 0 Å². The Balaban J connectivity index is 1.58. The summed E-state index contributed by atoms with van der Waals surface area (Å²) in [6, 6.07) is 14.9. The van der Waals surface area contributed by atoms with E-state index in [4.69, 9.17) is 19.2 Å². The zero-order chi connectivity index (χ0) is 27.7. The van der Waals surface area contributed by atoms with Gasteiger partial charge in [-0.25, -0.2) is 9.78 Å². The molecular weight excluding hydrogens is 512 g/mol. The van der Waals surface area contributed by atoms with Crippen molar-refractivity contribution in [1.82, 2.24) is 4.98 Å². The Hall–Kier alpha value is -3.91. The largest absolute Gasteiger partial charge is 0.493 e. The van der Waals surface area contributed by atoms with Gasteiger partial charge >= 0.3 is 5.97 Å². The Morgan fingerprint density at radius 3 is 2.56 bits per heavy atom. The number of pyridine rings is 1. The van der Waals surface area contributed by atoms with E-state index in [9.17, 15) is 9.59 Å². The standard InChI is InChI=1S/C31H32N2O5S/c1-17(2)38-31(35)28-21-12-10-18(3)14-27(21)39-30(28)33-29(34)22-16-24(32-23-9-7-6-8-20(22)23)19-11-13-25(36-4)26(15-19)37-5/h6-9,11,13,15-18H,10,12,14H2,1-5H3,(H,33,34). The molecule has 0 bridgehead atoms. The van der Waals surface area contributed by atoms with Crippen LogP contribution in [0.3, 0.4) is 0 Å². The maximum atomic E-state index is 13.9. The molecule has 0 saturated carbocycles. The van der Waals surface area contributed by atoms with Crippen LogP contribution < -0.4 is 14.8 Å². The zero-order valence-electron chi connectivity index (χ0n) is 22.8. The van der Waals surface area contributed by atoms with Gasteiger partial charge in [0, 0.05) is 15.8 Å². The number of para-hydroxylation sites is 1. The van der Waals surface area contributed by atoms with Crippen LogP contribution in [0.25, 0.3) is 22.2 Å². The number of methoxy groups -OCH3 is 2. The summed E-state index contributed by atoms with van der Waals surface area (Å²) in [5.74, 6) is 1.01. The lowest BCUT2D eigenvalue weighted by Crippen LogP contribution is -2.19. The molecule has 1 unspecified atom stereocenters. The highest BCUT2D eigenvalue weighted by Gasteiger charge is 2.30. The fraction of sp³-hybridized carbons (Fsp3) is 0.323. The van der Waals surface area contributed by atoms with Gasteiger partial charge in [0.1, 0.15) is 5.00 Å². The van der Waals surface area contributed by atoms with E-state index >= 15 is 0 Å². The lowest BCUT2D eigenvalue weighted by atomic mass is 9.88. The average Bonchev–Trinajstić information content (AvgIpc) is 3.28. The van der Waals surface area contributed by atoms with Crippen molar-refractivity contribution in [1.29, 1.82) is 0 Å². The molecule has 0 saturated heterocycles. The molecule has 0 aliphatic heterocycles. The summed E-state index contributed by atoms with van der Waals surface area (Å²) in [7, 11) is 3.17. The lowest BCUT2D eigenvalue weighted by molar-refractivity contribution is 0.0378. The van der Waals surface area contributed by atoms with Crippen LogP contribution in [0.5, 0.6) is 11.5 Å². The Bertz CT molecular complexity index is 1560. The van der Waals surface area contributed by atoms with Crippen LogP contribution in [0.2, 0.25) is 0 Å². The molecule has 4 aromatic rings. The van der Waals surface area contributed by atoms with Crippen LogP contribution in [0, 0.1) is 5.92 Å². The number of fused-ring (bicyclic) bond motifs is 2. The summed E-state index contributed by atoms with van der Waals surface area (Å²) in [4.78, 5) is 33.0. The number of esters is 1. The topological polar surface area (TPSA) is 86.8 Å². The third kappa shape index (κ3) is 5.34. The van der Waals surface area contributed by atoms with Gasteiger partial charge in [0.25, 0.3) is 5.91 Å². The molecule has 2 aromatic heterocycles. The van der Waals surface area contributed by atoms with Gasteiger partial charge in [0.15, 0.2) is 11.5 Å². The molecule has 0 spiro atoms. The Kier molecular flexibility index (Phi) is 7.57. The van der Waals surface area contributed by atoms with Crippen molar-refractivity contribution >= 4 is 39.1 Å². The van der Waals surface area contributed by atoms with E-state index in [1.165, 1.54) is 11.3 Å². The Morgan fingerprint density at radius 2 is 1.82 bits per heavy atom. The van der Waals surface area contributed by atoms with E-state index in [2.05, 4.69) is 12.2 Å². The number of carbonyl (C=O) groups excluding carboxylic acids is 2. The normalized spacial score (nSPS) is 14.7. The monoisotopic (exact) mass is 544 g/mol. The number of carbonyl (C=O) groups is 2. The minimum absolute atomic E-state index is 0.257. The summed E-state index contributed by atoms with van der Waals surface area (Å²) >= 11 is 1.48. The lowest BCUT2D eigenvalue weighted by Gasteiger charge is -2.19. The van der Waals surface area contributed by atoms with E-state index in [1.54, 1.807) is 20.3 Å². The molecular formula is C31H32N2O5S. The van der Waals surface area contributed by atoms with Gasteiger partial charge < -0.3 is 19.5 Å². The molecule has 7 nitrogen and oxygen atoms in total. The number of amides is 1. The van der Waals surface area contributed by atoms with E-state index in [0.29, 0.717) is 44.8 Å². The van der Waals surface area contributed by atoms with Gasteiger partial charge in [-0.2, -0.15) is 0 Å². The minimum Gasteiger partial charge on any atom is -0.493 e. The van der Waals surface area contributed by atoms with Crippen molar-refractivity contribution in [2.75, 3.05) is 19.5 Å². The third-order valence-corrected chi connectivity index (χ3v) is 8.10. The maximum Gasteiger partial charge on any atom is 0.341 e. The zero-order valence-corrected chi connectivity index (χ0v) is 23.6. The van der Waals surface area contributed by atoms with Crippen molar-refractivity contribution in [2.24, 2.45) is 5.92 Å². The number of aromatic nitrogens is 1. The third-order valence-electron chi connectivity index (χ3n) is 6.93. The first kappa shape index (κ1) is 26.7. The molecule has 202 valence electrons. The second kappa shape index (κ2) is 11.1. The predicted molar refractivity (Wildman–Crippen MR) is 154 cm³/mol. The Morgan fingerprint density at radius 1 is 1.05 bits per heavy atom. The number of nitrogens with zero attached hydrogens (tertiary/aromatic N) is 1. The van der Waals surface area contributed by atoms with Gasteiger partial charge in [-0.05, 0) is 74.9 Å². The van der Waals surface area contributed by atoms with E-state index in [-0.39, 0.29) is 12.0 Å². The number of hydrogen-bond acceptors (Lipinski definition) is 7. The first-order valence-electron chi connectivity index (χ1n) is 13.1. The van der Waals surface area contributed by atoms with E-state index in [1.807, 2.05) is 56.3 Å². The van der Waals surface area contributed by atoms with Crippen molar-refractivity contribution in [3.05, 3.63) is 70.1 Å². The maximum absolute atomic E-state index is 13.9. The molecule has 1 aliphatic carbocycles. The van der Waals surface area contributed by atoms with Crippen molar-refractivity contribution in [2.45, 2.75) is 46.1 Å². The van der Waals surface area contributed by atoms with Crippen molar-refractivity contribution in [3.8, 4) is 22.8 Å². The summed E-state index contributed by atoms with van der Waals surface area (Å²) in [6.07, 6.45) is 2.43. The van der Waals surface area contributed by atoms with Crippen LogP contribution in [0.4, 0.5) is 5.00 Å². The number of nitrogens with one attached hydrogen (secondary N) is 1. The molecule has 8 heteroatoms. The summed E-state index contributed by atoms with van der Waals surface area (Å²) < 4.78 is 16.4. The highest BCUT2D eigenvalue weighted by Crippen LogP contribution is 2.41. The van der Waals surface area contributed by atoms with Gasteiger partial charge in [-0.15, -0.1) is 11.3 Å². The van der Waals surface area contributed by atoms with Gasteiger partial charge in [0.05, 0.1) is 42.7 Å². The van der Waals surface area contributed by atoms with Gasteiger partial charge in [-0.3, -0.25) is 4.79 Å². The van der Waals surface area contributed by atoms with Crippen LogP contribution in [-0.2, 0) is 17.6 Å². The highest BCUT2D eigenvalue weighted by atomic mass is 32.1. The van der Waals surface area contributed by atoms with Crippen LogP contribution >= 0.6 is 11.3 Å². The van der Waals surface area contributed by atoms with E-state index < -0.39 is 5.97 Å². The van der Waals surface area contributed by atoms with Gasteiger partial charge in [0.2, 0.25) is 0 Å². The number of benzene rings is 2. The minimum atomic E-state index is -0.391. The molecule has 0 radical (unpaired) electrons. The first-order valence-corrected chi connectivity index (χ1v) is 13.9. The molecule has 1 aliphatic rings. The number of ether oxygens (including phenoxy) is 3. The summed E-state index contributed by atoms with van der Waals surface area (Å²) in [6.45, 7) is 5.87. The number of thiophene rings is 1. The predicted octanol–water partition coefficient (Wildman–Crippen LogP) is 6.92. The SMILES string of the molecule is COc1ccc(-c2cc(C(=O)Nc3sc4c(c3C(=O)OC(C)C)CCC(C)C4)c3ccccc3n2)cc1OC. The molecule has 2 aromatic carbocycles. The van der Waals surface area contributed by atoms with Gasteiger partial charge in [-0.1, -0.05) is 25.1 Å². The van der Waals surface area contributed by atoms with Crippen LogP contribution in [0.1, 0.15) is 58.3 Å². The molecule has 1 N–H and O–H groups in total. The average molecular weight is 545 g/mol.